The number of carboxylic acid groups (broad SMARTS) is 1. The highest BCUT2D eigenvalue weighted by Gasteiger charge is 2.21. The number of hydrogen-bond acceptors (Lipinski definition) is 7. The summed E-state index contributed by atoms with van der Waals surface area (Å²) in [4.78, 5) is 42.3. The molecular formula is C21H21ClN4O5S. The van der Waals surface area contributed by atoms with Crippen molar-refractivity contribution in [1.82, 2.24) is 9.13 Å². The number of halogens is 1. The number of benzene rings is 1. The maximum atomic E-state index is 13.3. The minimum atomic E-state index is -1.41. The number of rotatable bonds is 4. The fraction of sp³-hybridized carbons (Fsp3) is 0.286. The first-order valence-corrected chi connectivity index (χ1v) is 10.9. The third kappa shape index (κ3) is 3.81. The van der Waals surface area contributed by atoms with Crippen LogP contribution in [0.3, 0.4) is 0 Å². The Balaban J connectivity index is 1.91. The van der Waals surface area contributed by atoms with Gasteiger partial charge in [-0.05, 0) is 36.1 Å². The van der Waals surface area contributed by atoms with Crippen molar-refractivity contribution in [2.75, 3.05) is 37.4 Å². The molecule has 32 heavy (non-hydrogen) atoms. The number of nitrogens with zero attached hydrogens (tertiary/aromatic N) is 4. The van der Waals surface area contributed by atoms with Crippen LogP contribution in [0.1, 0.15) is 20.8 Å². The third-order valence-electron chi connectivity index (χ3n) is 5.30. The molecule has 1 aliphatic rings. The Kier molecular flexibility index (Phi) is 5.85. The number of thiophene rings is 1. The summed E-state index contributed by atoms with van der Waals surface area (Å²) in [5.41, 5.74) is 0.937. The molecule has 4 rings (SSSR count). The normalized spacial score (nSPS) is 13.8. The van der Waals surface area contributed by atoms with Crippen molar-refractivity contribution >= 4 is 40.3 Å². The Bertz CT molecular complexity index is 1330. The van der Waals surface area contributed by atoms with E-state index in [9.17, 15) is 19.5 Å². The molecule has 0 spiro atoms. The lowest BCUT2D eigenvalue weighted by Gasteiger charge is -2.22. The summed E-state index contributed by atoms with van der Waals surface area (Å²) in [6.07, 6.45) is 1.07. The quantitative estimate of drug-likeness (QED) is 0.618. The zero-order chi connectivity index (χ0) is 23.2. The molecule has 1 aliphatic heterocycles. The van der Waals surface area contributed by atoms with Crippen molar-refractivity contribution in [1.29, 1.82) is 0 Å². The lowest BCUT2D eigenvalue weighted by molar-refractivity contribution is 0.0693. The first-order chi connectivity index (χ1) is 15.2. The van der Waals surface area contributed by atoms with E-state index in [1.54, 1.807) is 12.1 Å². The van der Waals surface area contributed by atoms with Crippen LogP contribution < -0.4 is 21.0 Å². The van der Waals surface area contributed by atoms with Gasteiger partial charge in [-0.3, -0.25) is 13.9 Å². The number of aromatic nitrogens is 2. The molecule has 3 aromatic rings. The van der Waals surface area contributed by atoms with E-state index in [0.29, 0.717) is 29.0 Å². The second-order valence-corrected chi connectivity index (χ2v) is 8.92. The van der Waals surface area contributed by atoms with Crippen LogP contribution in [0.25, 0.3) is 5.69 Å². The maximum absolute atomic E-state index is 13.3. The number of carboxylic acids is 1. The molecule has 11 heteroatoms. The molecule has 0 radical (unpaired) electrons. The molecule has 0 bridgehead atoms. The third-order valence-corrected chi connectivity index (χ3v) is 7.03. The highest BCUT2D eigenvalue weighted by atomic mass is 35.5. The van der Waals surface area contributed by atoms with E-state index in [0.717, 1.165) is 27.7 Å². The van der Waals surface area contributed by atoms with Crippen LogP contribution >= 0.6 is 22.9 Å². The van der Waals surface area contributed by atoms with Gasteiger partial charge in [-0.2, -0.15) is 0 Å². The summed E-state index contributed by atoms with van der Waals surface area (Å²) in [6.45, 7) is 2.47. The van der Waals surface area contributed by atoms with Crippen molar-refractivity contribution in [3.05, 3.63) is 71.6 Å². The number of anilines is 2. The van der Waals surface area contributed by atoms with Crippen molar-refractivity contribution in [2.45, 2.75) is 13.5 Å². The lowest BCUT2D eigenvalue weighted by Crippen LogP contribution is -2.42. The smallest absolute Gasteiger partial charge is 0.342 e. The highest BCUT2D eigenvalue weighted by Crippen LogP contribution is 2.32. The van der Waals surface area contributed by atoms with Crippen molar-refractivity contribution in [3.63, 3.8) is 0 Å². The van der Waals surface area contributed by atoms with Crippen molar-refractivity contribution < 1.29 is 14.6 Å². The fourth-order valence-electron chi connectivity index (χ4n) is 3.55. The fourth-order valence-corrected chi connectivity index (χ4v) is 4.77. The van der Waals surface area contributed by atoms with Gasteiger partial charge in [0.2, 0.25) is 0 Å². The van der Waals surface area contributed by atoms with E-state index in [4.69, 9.17) is 16.3 Å². The largest absolute Gasteiger partial charge is 0.477 e. The molecule has 1 aromatic carbocycles. The molecule has 0 saturated carbocycles. The summed E-state index contributed by atoms with van der Waals surface area (Å²) >= 11 is 7.61. The Morgan fingerprint density at radius 2 is 1.88 bits per heavy atom. The van der Waals surface area contributed by atoms with Gasteiger partial charge in [-0.25, -0.2) is 9.59 Å². The van der Waals surface area contributed by atoms with E-state index in [2.05, 4.69) is 0 Å². The first-order valence-electron chi connectivity index (χ1n) is 9.65. The molecule has 168 valence electrons. The van der Waals surface area contributed by atoms with Gasteiger partial charge < -0.3 is 19.6 Å². The molecule has 0 fully saturated rings. The number of hydrogen-bond donors (Lipinski definition) is 1. The first kappa shape index (κ1) is 22.1. The highest BCUT2D eigenvalue weighted by molar-refractivity contribution is 7.10. The van der Waals surface area contributed by atoms with Crippen LogP contribution in [0.15, 0.2) is 39.4 Å². The second-order valence-electron chi connectivity index (χ2n) is 7.58. The molecule has 0 atom stereocenters. The van der Waals surface area contributed by atoms with Gasteiger partial charge in [-0.1, -0.05) is 11.6 Å². The van der Waals surface area contributed by atoms with Gasteiger partial charge in [0.15, 0.2) is 0 Å². The number of fused-ring (bicyclic) bond motifs is 1. The number of aromatic carboxylic acids is 1. The lowest BCUT2D eigenvalue weighted by atomic mass is 10.2. The molecule has 0 saturated heterocycles. The summed E-state index contributed by atoms with van der Waals surface area (Å²) in [5, 5.41) is 11.9. The van der Waals surface area contributed by atoms with Gasteiger partial charge in [-0.15, -0.1) is 11.3 Å². The van der Waals surface area contributed by atoms with E-state index >= 15 is 0 Å². The Labute approximate surface area is 192 Å². The maximum Gasteiger partial charge on any atom is 0.342 e. The van der Waals surface area contributed by atoms with Gasteiger partial charge in [0, 0.05) is 25.2 Å². The van der Waals surface area contributed by atoms with Crippen LogP contribution in [-0.2, 0) is 11.3 Å². The van der Waals surface area contributed by atoms with Crippen molar-refractivity contribution in [3.8, 4) is 5.69 Å². The molecule has 0 amide bonds. The molecule has 1 N–H and O–H groups in total. The molecule has 3 heterocycles. The zero-order valence-electron chi connectivity index (χ0n) is 17.7. The van der Waals surface area contributed by atoms with Gasteiger partial charge in [0.05, 0.1) is 28.6 Å². The Morgan fingerprint density at radius 1 is 1.19 bits per heavy atom. The molecule has 9 nitrogen and oxygen atoms in total. The number of ether oxygens (including phenoxy) is 1. The number of carbonyl (C=O) groups is 1. The van der Waals surface area contributed by atoms with Gasteiger partial charge in [0.1, 0.15) is 19.0 Å². The van der Waals surface area contributed by atoms with Crippen LogP contribution in [0.4, 0.5) is 11.4 Å². The summed E-state index contributed by atoms with van der Waals surface area (Å²) < 4.78 is 7.67. The Hall–Kier alpha value is -3.08. The van der Waals surface area contributed by atoms with Crippen LogP contribution in [0, 0.1) is 6.92 Å². The average Bonchev–Trinajstić information content (AvgIpc) is 2.99. The van der Waals surface area contributed by atoms with Gasteiger partial charge >= 0.3 is 11.7 Å². The SMILES string of the molecule is Cc1csc(Cn2c(=O)c(C(=O)O)cn(-c3ccc4c(c3)N(C)COCN4C)c2=O)c1Cl. The van der Waals surface area contributed by atoms with E-state index in [1.807, 2.05) is 42.3 Å². The summed E-state index contributed by atoms with van der Waals surface area (Å²) in [7, 11) is 3.74. The minimum absolute atomic E-state index is 0.114. The number of aryl methyl sites for hydroxylation is 1. The predicted octanol–water partition coefficient (Wildman–Crippen LogP) is 2.59. The Morgan fingerprint density at radius 3 is 2.50 bits per heavy atom. The molecular weight excluding hydrogens is 456 g/mol. The average molecular weight is 477 g/mol. The van der Waals surface area contributed by atoms with E-state index in [1.165, 1.54) is 15.9 Å². The topological polar surface area (TPSA) is 97.0 Å². The standard InChI is InChI=1S/C21H21ClN4O5S/c1-12-9-32-17(18(12)22)8-26-19(27)14(20(28)29)7-25(21(26)30)13-4-5-15-16(6-13)24(3)11-31-10-23(15)2/h4-7,9H,8,10-11H2,1-3H3,(H,28,29). The summed E-state index contributed by atoms with van der Waals surface area (Å²) in [6, 6.07) is 5.31. The van der Waals surface area contributed by atoms with Crippen LogP contribution in [0.5, 0.6) is 0 Å². The van der Waals surface area contributed by atoms with E-state index < -0.39 is 22.8 Å². The summed E-state index contributed by atoms with van der Waals surface area (Å²) in [5.74, 6) is -1.41. The minimum Gasteiger partial charge on any atom is -0.477 e. The predicted molar refractivity (Wildman–Crippen MR) is 124 cm³/mol. The molecule has 0 unspecified atom stereocenters. The van der Waals surface area contributed by atoms with Crippen LogP contribution in [-0.4, -0.2) is 47.8 Å². The monoisotopic (exact) mass is 476 g/mol. The van der Waals surface area contributed by atoms with Gasteiger partial charge in [0.25, 0.3) is 5.56 Å². The van der Waals surface area contributed by atoms with E-state index in [-0.39, 0.29) is 6.54 Å². The zero-order valence-corrected chi connectivity index (χ0v) is 19.2. The van der Waals surface area contributed by atoms with Crippen molar-refractivity contribution in [2.24, 2.45) is 0 Å². The molecule has 2 aromatic heterocycles. The molecule has 0 aliphatic carbocycles. The second kappa shape index (κ2) is 8.45. The van der Waals surface area contributed by atoms with Crippen LogP contribution in [0.2, 0.25) is 5.02 Å².